The van der Waals surface area contributed by atoms with E-state index in [1.54, 1.807) is 18.2 Å². The number of nitrogens with zero attached hydrogens (tertiary/aromatic N) is 1. The Morgan fingerprint density at radius 3 is 2.55 bits per heavy atom. The maximum absolute atomic E-state index is 12.6. The molecule has 1 heterocycles. The molecule has 1 aliphatic carbocycles. The fourth-order valence-corrected chi connectivity index (χ4v) is 4.66. The monoisotopic (exact) mass is 448 g/mol. The fraction of sp³-hybridized carbons (Fsp3) is 0.238. The van der Waals surface area contributed by atoms with E-state index in [1.165, 1.54) is 16.3 Å². The first-order chi connectivity index (χ1) is 14.0. The van der Waals surface area contributed by atoms with Gasteiger partial charge in [-0.25, -0.2) is 4.79 Å². The summed E-state index contributed by atoms with van der Waals surface area (Å²) in [6.07, 6.45) is 1.85. The second kappa shape index (κ2) is 8.79. The lowest BCUT2D eigenvalue weighted by molar-refractivity contribution is 0.0550. The van der Waals surface area contributed by atoms with Gasteiger partial charge in [-0.3, -0.25) is 14.3 Å². The Morgan fingerprint density at radius 1 is 1.10 bits per heavy atom. The van der Waals surface area contributed by atoms with Crippen molar-refractivity contribution in [2.24, 2.45) is 0 Å². The molecule has 0 spiro atoms. The molecular formula is C21H18Cl2N2O3S. The first kappa shape index (κ1) is 20.3. The van der Waals surface area contributed by atoms with Crippen LogP contribution >= 0.6 is 35.0 Å². The third-order valence-corrected chi connectivity index (χ3v) is 6.47. The van der Waals surface area contributed by atoms with Crippen LogP contribution in [0.15, 0.2) is 68.0 Å². The van der Waals surface area contributed by atoms with E-state index in [0.717, 1.165) is 23.3 Å². The molecule has 4 rings (SSSR count). The molecular weight excluding hydrogens is 431 g/mol. The zero-order chi connectivity index (χ0) is 20.4. The second-order valence-electron chi connectivity index (χ2n) is 6.82. The van der Waals surface area contributed by atoms with Crippen LogP contribution in [0.1, 0.15) is 29.9 Å². The highest BCUT2D eigenvalue weighted by Gasteiger charge is 2.31. The van der Waals surface area contributed by atoms with Gasteiger partial charge in [0.1, 0.15) is 6.73 Å². The van der Waals surface area contributed by atoms with Crippen LogP contribution in [-0.2, 0) is 18.1 Å². The van der Waals surface area contributed by atoms with Gasteiger partial charge in [0.25, 0.3) is 5.56 Å². The van der Waals surface area contributed by atoms with E-state index in [0.29, 0.717) is 27.2 Å². The Bertz CT molecular complexity index is 1140. The summed E-state index contributed by atoms with van der Waals surface area (Å²) in [6, 6.07) is 14.9. The lowest BCUT2D eigenvalue weighted by atomic mass is 10.2. The van der Waals surface area contributed by atoms with Crippen molar-refractivity contribution in [3.63, 3.8) is 0 Å². The van der Waals surface area contributed by atoms with E-state index >= 15 is 0 Å². The molecule has 1 aromatic heterocycles. The van der Waals surface area contributed by atoms with E-state index in [-0.39, 0.29) is 18.2 Å². The maximum Gasteiger partial charge on any atom is 0.331 e. The van der Waals surface area contributed by atoms with Crippen molar-refractivity contribution in [2.45, 2.75) is 42.0 Å². The number of hydrogen-bond donors (Lipinski definition) is 1. The lowest BCUT2D eigenvalue weighted by Crippen LogP contribution is -2.34. The van der Waals surface area contributed by atoms with Crippen molar-refractivity contribution in [1.29, 1.82) is 0 Å². The first-order valence-corrected chi connectivity index (χ1v) is 10.7. The number of H-pyrrole nitrogens is 1. The number of aromatic nitrogens is 2. The minimum absolute atomic E-state index is 0.0256. The van der Waals surface area contributed by atoms with Crippen LogP contribution in [-0.4, -0.2) is 9.55 Å². The molecule has 1 saturated carbocycles. The molecule has 0 amide bonds. The van der Waals surface area contributed by atoms with Crippen molar-refractivity contribution in [1.82, 2.24) is 9.55 Å². The van der Waals surface area contributed by atoms with E-state index in [1.807, 2.05) is 30.3 Å². The topological polar surface area (TPSA) is 64.1 Å². The summed E-state index contributed by atoms with van der Waals surface area (Å²) in [5, 5.41) is 1.56. The predicted molar refractivity (Wildman–Crippen MR) is 115 cm³/mol. The van der Waals surface area contributed by atoms with E-state index in [4.69, 9.17) is 27.9 Å². The van der Waals surface area contributed by atoms with Gasteiger partial charge in [-0.1, -0.05) is 65.3 Å². The molecule has 29 heavy (non-hydrogen) atoms. The highest BCUT2D eigenvalue weighted by atomic mass is 35.5. The van der Waals surface area contributed by atoms with Crippen molar-refractivity contribution in [2.75, 3.05) is 0 Å². The van der Waals surface area contributed by atoms with Crippen LogP contribution in [0, 0.1) is 0 Å². The van der Waals surface area contributed by atoms with Gasteiger partial charge in [-0.2, -0.15) is 0 Å². The van der Waals surface area contributed by atoms with Crippen LogP contribution in [0.5, 0.6) is 0 Å². The largest absolute Gasteiger partial charge is 0.356 e. The number of halogens is 2. The number of rotatable bonds is 7. The predicted octanol–water partition coefficient (Wildman–Crippen LogP) is 5.05. The first-order valence-electron chi connectivity index (χ1n) is 9.14. The summed E-state index contributed by atoms with van der Waals surface area (Å²) < 4.78 is 7.25. The molecule has 2 aromatic carbocycles. The van der Waals surface area contributed by atoms with Crippen LogP contribution in [0.25, 0.3) is 0 Å². The molecule has 3 aromatic rings. The Morgan fingerprint density at radius 2 is 1.86 bits per heavy atom. The van der Waals surface area contributed by atoms with E-state index < -0.39 is 5.69 Å². The van der Waals surface area contributed by atoms with Gasteiger partial charge >= 0.3 is 5.69 Å². The number of benzene rings is 2. The highest BCUT2D eigenvalue weighted by Crippen LogP contribution is 2.44. The van der Waals surface area contributed by atoms with E-state index in [2.05, 4.69) is 4.98 Å². The van der Waals surface area contributed by atoms with Crippen molar-refractivity contribution in [3.8, 4) is 0 Å². The van der Waals surface area contributed by atoms with Crippen molar-refractivity contribution < 1.29 is 4.74 Å². The zero-order valence-corrected chi connectivity index (χ0v) is 17.7. The minimum Gasteiger partial charge on any atom is -0.356 e. The smallest absolute Gasteiger partial charge is 0.331 e. The molecule has 0 saturated heterocycles. The van der Waals surface area contributed by atoms with Gasteiger partial charge in [0.05, 0.1) is 22.2 Å². The summed E-state index contributed by atoms with van der Waals surface area (Å²) in [7, 11) is 0. The van der Waals surface area contributed by atoms with E-state index in [9.17, 15) is 9.59 Å². The summed E-state index contributed by atoms with van der Waals surface area (Å²) in [5.41, 5.74) is 0.774. The number of nitrogens with one attached hydrogen (secondary N) is 1. The third kappa shape index (κ3) is 4.78. The zero-order valence-electron chi connectivity index (χ0n) is 15.4. The molecule has 0 aliphatic heterocycles. The molecule has 1 aliphatic rings. The average Bonchev–Trinajstić information content (AvgIpc) is 3.52. The highest BCUT2D eigenvalue weighted by molar-refractivity contribution is 7.99. The van der Waals surface area contributed by atoms with Crippen molar-refractivity contribution in [3.05, 3.63) is 90.5 Å². The Hall–Kier alpha value is -1.99. The lowest BCUT2D eigenvalue weighted by Gasteiger charge is -2.16. The summed E-state index contributed by atoms with van der Waals surface area (Å²) in [5.74, 6) is 0.147. The van der Waals surface area contributed by atoms with Crippen LogP contribution in [0.3, 0.4) is 0 Å². The Labute approximate surface area is 181 Å². The number of ether oxygens (including phenoxy) is 1. The second-order valence-corrected chi connectivity index (χ2v) is 8.69. The number of aromatic amines is 1. The summed E-state index contributed by atoms with van der Waals surface area (Å²) in [4.78, 5) is 28.3. The van der Waals surface area contributed by atoms with Gasteiger partial charge in [0, 0.05) is 9.92 Å². The molecule has 0 bridgehead atoms. The van der Waals surface area contributed by atoms with Gasteiger partial charge in [-0.15, -0.1) is 0 Å². The van der Waals surface area contributed by atoms with Gasteiger partial charge in [0.2, 0.25) is 0 Å². The molecule has 0 radical (unpaired) electrons. The van der Waals surface area contributed by atoms with Crippen LogP contribution in [0.4, 0.5) is 0 Å². The SMILES string of the molecule is O=c1[nH]c(=O)n(COCc2ccccc2)c(Sc2ccc(Cl)cc2Cl)c1C1CC1. The molecule has 0 atom stereocenters. The molecule has 5 nitrogen and oxygen atoms in total. The maximum atomic E-state index is 12.6. The van der Waals surface area contributed by atoms with Gasteiger partial charge in [0.15, 0.2) is 0 Å². The fourth-order valence-electron chi connectivity index (χ4n) is 3.02. The Balaban J connectivity index is 1.68. The van der Waals surface area contributed by atoms with Gasteiger partial charge < -0.3 is 4.74 Å². The Kier molecular flexibility index (Phi) is 6.15. The molecule has 1 fully saturated rings. The summed E-state index contributed by atoms with van der Waals surface area (Å²) in [6.45, 7) is 0.384. The van der Waals surface area contributed by atoms with Crippen molar-refractivity contribution >= 4 is 35.0 Å². The third-order valence-electron chi connectivity index (χ3n) is 4.60. The minimum atomic E-state index is -0.500. The molecule has 1 N–H and O–H groups in total. The molecule has 8 heteroatoms. The van der Waals surface area contributed by atoms with Crippen LogP contribution < -0.4 is 11.2 Å². The average molecular weight is 449 g/mol. The van der Waals surface area contributed by atoms with Crippen LogP contribution in [0.2, 0.25) is 10.0 Å². The molecule has 0 unspecified atom stereocenters. The van der Waals surface area contributed by atoms with Gasteiger partial charge in [-0.05, 0) is 42.5 Å². The number of hydrogen-bond acceptors (Lipinski definition) is 4. The standard InChI is InChI=1S/C21H18Cl2N2O3S/c22-15-8-9-17(16(23)10-15)29-20-18(14-6-7-14)19(26)24-21(27)25(20)12-28-11-13-4-2-1-3-5-13/h1-5,8-10,14H,6-7,11-12H2,(H,24,26,27). The normalized spacial score (nSPS) is 13.6. The summed E-state index contributed by atoms with van der Waals surface area (Å²) >= 11 is 13.6. The quantitative estimate of drug-likeness (QED) is 0.513. The molecule has 150 valence electrons.